The maximum absolute atomic E-state index is 8.49. The Kier molecular flexibility index (Phi) is 7.86. The van der Waals surface area contributed by atoms with E-state index in [0.29, 0.717) is 0 Å². The second-order valence-electron chi connectivity index (χ2n) is 11.2. The Balaban J connectivity index is 0.000000648. The summed E-state index contributed by atoms with van der Waals surface area (Å²) in [7, 11) is -4.94. The molecule has 1 heterocycles. The van der Waals surface area contributed by atoms with Gasteiger partial charge in [-0.2, -0.15) is 4.57 Å². The molecule has 202 valence electrons. The summed E-state index contributed by atoms with van der Waals surface area (Å²) in [6, 6.07) is 29.4. The number of benzene rings is 4. The average Bonchev–Trinajstić information content (AvgIpc) is 2.81. The number of aromatic nitrogens is 1. The molecule has 1 aromatic heterocycles. The third-order valence-electron chi connectivity index (χ3n) is 6.98. The monoisotopic (exact) mass is 543 g/mol. The summed E-state index contributed by atoms with van der Waals surface area (Å²) >= 11 is 0. The molecule has 0 aliphatic rings. The van der Waals surface area contributed by atoms with Gasteiger partial charge in [0.1, 0.15) is 0 Å². The van der Waals surface area contributed by atoms with Crippen molar-refractivity contribution in [3.05, 3.63) is 107 Å². The molecule has 0 fully saturated rings. The summed E-state index contributed by atoms with van der Waals surface area (Å²) in [5.41, 5.74) is 13.1. The molecule has 6 heteroatoms. The summed E-state index contributed by atoms with van der Waals surface area (Å²) < 4.78 is 36.4. The van der Waals surface area contributed by atoms with Gasteiger partial charge in [-0.15, -0.1) is 10.2 Å². The zero-order valence-electron chi connectivity index (χ0n) is 23.5. The van der Waals surface area contributed by atoms with Crippen LogP contribution in [0.4, 0.5) is 0 Å². The predicted octanol–water partition coefficient (Wildman–Crippen LogP) is 3.71. The van der Waals surface area contributed by atoms with Gasteiger partial charge in [-0.3, -0.25) is 0 Å². The van der Waals surface area contributed by atoms with E-state index in [1.807, 2.05) is 0 Å². The normalized spacial score (nSPS) is 12.0. The minimum Gasteiger partial charge on any atom is -0.222 e. The average molecular weight is 544 g/mol. The minimum absolute atomic E-state index is 0.0696. The Bertz CT molecular complexity index is 1640. The van der Waals surface area contributed by atoms with Crippen LogP contribution in [-0.4, -0.2) is 0 Å². The molecule has 0 atom stereocenters. The van der Waals surface area contributed by atoms with Gasteiger partial charge in [-0.05, 0) is 73.1 Å². The Morgan fingerprint density at radius 3 is 1.64 bits per heavy atom. The number of halogens is 1. The van der Waals surface area contributed by atoms with Crippen LogP contribution in [0.15, 0.2) is 78.9 Å². The van der Waals surface area contributed by atoms with Crippen molar-refractivity contribution in [1.82, 2.24) is 0 Å². The van der Waals surface area contributed by atoms with E-state index < -0.39 is 10.2 Å². The molecule has 0 aliphatic heterocycles. The van der Waals surface area contributed by atoms with Gasteiger partial charge < -0.3 is 0 Å². The van der Waals surface area contributed by atoms with E-state index in [-0.39, 0.29) is 5.41 Å². The molecular weight excluding hydrogens is 510 g/mol. The van der Waals surface area contributed by atoms with Crippen molar-refractivity contribution in [2.45, 2.75) is 53.9 Å². The van der Waals surface area contributed by atoms with Crippen LogP contribution in [-0.2, 0) is 5.41 Å². The Morgan fingerprint density at radius 1 is 0.590 bits per heavy atom. The number of pyridine rings is 1. The molecule has 0 amide bonds. The van der Waals surface area contributed by atoms with Crippen molar-refractivity contribution in [2.24, 2.45) is 0 Å². The third-order valence-corrected chi connectivity index (χ3v) is 6.98. The second kappa shape index (κ2) is 10.7. The number of nitrogens with zero attached hydrogens (tertiary/aromatic N) is 1. The van der Waals surface area contributed by atoms with Gasteiger partial charge in [0.25, 0.3) is 0 Å². The van der Waals surface area contributed by atoms with Crippen LogP contribution in [0, 0.1) is 37.9 Å². The fourth-order valence-corrected chi connectivity index (χ4v) is 5.41. The van der Waals surface area contributed by atoms with Crippen LogP contribution < -0.4 is 23.2 Å². The highest BCUT2D eigenvalue weighted by atomic mass is 35.7. The van der Waals surface area contributed by atoms with Crippen LogP contribution in [0.2, 0.25) is 0 Å². The minimum atomic E-state index is -4.94. The molecule has 0 N–H and O–H groups in total. The molecule has 0 aliphatic carbocycles. The van der Waals surface area contributed by atoms with E-state index in [4.69, 9.17) is 18.6 Å². The molecule has 0 radical (unpaired) electrons. The zero-order valence-corrected chi connectivity index (χ0v) is 24.2. The Morgan fingerprint density at radius 2 is 1.10 bits per heavy atom. The van der Waals surface area contributed by atoms with Crippen molar-refractivity contribution in [3.8, 4) is 16.8 Å². The number of hydrogen-bond acceptors (Lipinski definition) is 4. The Labute approximate surface area is 232 Å². The van der Waals surface area contributed by atoms with E-state index in [1.54, 1.807) is 0 Å². The third kappa shape index (κ3) is 6.30. The standard InChI is InChI=1S/C33H34N.ClHO4/c1-21-13-15-27-29(19-21)34(26-11-9-8-10-12-26)30-20-25(33(5,6)7)14-16-28(30)32(27)31-23(3)17-22(2)18-24(31)4;2-1(3,4)5/h8-20H,1-7H3;(H,2,3,4,5)/q+1;/p-1. The first-order valence-corrected chi connectivity index (χ1v) is 14.1. The van der Waals surface area contributed by atoms with Gasteiger partial charge in [0.05, 0.1) is 10.8 Å². The molecule has 0 spiro atoms. The maximum Gasteiger partial charge on any atom is 0.219 e. The van der Waals surface area contributed by atoms with Gasteiger partial charge in [0.2, 0.25) is 16.7 Å². The number of fused-ring (bicyclic) bond motifs is 2. The van der Waals surface area contributed by atoms with E-state index >= 15 is 0 Å². The summed E-state index contributed by atoms with van der Waals surface area (Å²) in [4.78, 5) is 0. The lowest BCUT2D eigenvalue weighted by Gasteiger charge is -2.21. The molecular formula is C33H34ClNO4. The topological polar surface area (TPSA) is 96.1 Å². The highest BCUT2D eigenvalue weighted by Gasteiger charge is 2.26. The van der Waals surface area contributed by atoms with Gasteiger partial charge >= 0.3 is 0 Å². The van der Waals surface area contributed by atoms with Crippen molar-refractivity contribution in [1.29, 1.82) is 0 Å². The first-order valence-electron chi connectivity index (χ1n) is 12.8. The van der Waals surface area contributed by atoms with E-state index in [1.165, 1.54) is 66.4 Å². The zero-order chi connectivity index (χ0) is 28.7. The molecule has 0 bridgehead atoms. The summed E-state index contributed by atoms with van der Waals surface area (Å²) in [6.45, 7) is 15.8. The molecule has 0 saturated heterocycles. The number of rotatable bonds is 2. The lowest BCUT2D eigenvalue weighted by atomic mass is 9.84. The molecule has 5 rings (SSSR count). The first kappa shape index (κ1) is 28.7. The summed E-state index contributed by atoms with van der Waals surface area (Å²) in [5.74, 6) is 0. The van der Waals surface area contributed by atoms with Crippen LogP contribution in [0.1, 0.15) is 48.6 Å². The van der Waals surface area contributed by atoms with Crippen LogP contribution in [0.3, 0.4) is 0 Å². The van der Waals surface area contributed by atoms with Crippen LogP contribution >= 0.6 is 0 Å². The number of para-hydroxylation sites is 1. The van der Waals surface area contributed by atoms with E-state index in [2.05, 4.69) is 132 Å². The highest BCUT2D eigenvalue weighted by Crippen LogP contribution is 2.40. The number of hydrogen-bond donors (Lipinski definition) is 0. The van der Waals surface area contributed by atoms with E-state index in [9.17, 15) is 0 Å². The van der Waals surface area contributed by atoms with Crippen molar-refractivity contribution >= 4 is 21.8 Å². The van der Waals surface area contributed by atoms with Crippen molar-refractivity contribution < 1.29 is 33.4 Å². The fraction of sp³-hybridized carbons (Fsp3) is 0.242. The molecule has 4 aromatic carbocycles. The van der Waals surface area contributed by atoms with Gasteiger partial charge in [-0.25, -0.2) is 18.6 Å². The molecule has 5 nitrogen and oxygen atoms in total. The lowest BCUT2D eigenvalue weighted by molar-refractivity contribution is -2.00. The fourth-order valence-electron chi connectivity index (χ4n) is 5.41. The highest BCUT2D eigenvalue weighted by molar-refractivity contribution is 6.09. The quantitative estimate of drug-likeness (QED) is 0.250. The molecule has 0 unspecified atom stereocenters. The first-order chi connectivity index (χ1) is 18.1. The number of aryl methyl sites for hydroxylation is 4. The Hall–Kier alpha value is -3.32. The van der Waals surface area contributed by atoms with Crippen LogP contribution in [0.25, 0.3) is 38.6 Å². The van der Waals surface area contributed by atoms with Crippen molar-refractivity contribution in [3.63, 3.8) is 0 Å². The largest absolute Gasteiger partial charge is 0.222 e. The lowest BCUT2D eigenvalue weighted by Crippen LogP contribution is -2.68. The smallest absolute Gasteiger partial charge is 0.219 e. The van der Waals surface area contributed by atoms with Crippen LogP contribution in [0.5, 0.6) is 0 Å². The predicted molar refractivity (Wildman–Crippen MR) is 146 cm³/mol. The maximum atomic E-state index is 8.49. The van der Waals surface area contributed by atoms with Gasteiger partial charge in [0, 0.05) is 29.8 Å². The van der Waals surface area contributed by atoms with Gasteiger partial charge in [0.15, 0.2) is 0 Å². The molecule has 0 saturated carbocycles. The summed E-state index contributed by atoms with van der Waals surface area (Å²) in [5, 5.41) is 2.59. The van der Waals surface area contributed by atoms with E-state index in [0.717, 1.165) is 0 Å². The van der Waals surface area contributed by atoms with Crippen molar-refractivity contribution in [2.75, 3.05) is 0 Å². The van der Waals surface area contributed by atoms with Gasteiger partial charge in [-0.1, -0.05) is 68.8 Å². The molecule has 5 aromatic rings. The SMILES string of the molecule is Cc1cc(C)c(-c2c3ccc(C)cc3[n+](-c3ccccc3)c3cc(C(C)(C)C)ccc23)c(C)c1.[O-][Cl+3]([O-])([O-])[O-]. The molecule has 39 heavy (non-hydrogen) atoms. The summed E-state index contributed by atoms with van der Waals surface area (Å²) in [6.07, 6.45) is 0. The second-order valence-corrected chi connectivity index (χ2v) is 12.0.